The fourth-order valence-corrected chi connectivity index (χ4v) is 5.12. The van der Waals surface area contributed by atoms with Crippen molar-refractivity contribution < 1.29 is 4.79 Å². The highest BCUT2D eigenvalue weighted by Crippen LogP contribution is 2.24. The summed E-state index contributed by atoms with van der Waals surface area (Å²) in [6.45, 7) is 5.97. The molecule has 3 aromatic carbocycles. The molecule has 0 radical (unpaired) electrons. The largest absolute Gasteiger partial charge is 0.349 e. The molecule has 1 N–H and O–H groups in total. The Hall–Kier alpha value is -3.91. The predicted octanol–water partition coefficient (Wildman–Crippen LogP) is 4.62. The summed E-state index contributed by atoms with van der Waals surface area (Å²) in [4.78, 5) is 26.2. The van der Waals surface area contributed by atoms with Gasteiger partial charge in [0, 0.05) is 0 Å². The molecule has 1 unspecified atom stereocenters. The van der Waals surface area contributed by atoms with Gasteiger partial charge >= 0.3 is 0 Å². The van der Waals surface area contributed by atoms with Crippen LogP contribution in [0, 0.1) is 13.8 Å². The van der Waals surface area contributed by atoms with Gasteiger partial charge in [0.05, 0.1) is 28.4 Å². The van der Waals surface area contributed by atoms with Crippen LogP contribution < -0.4 is 10.9 Å². The van der Waals surface area contributed by atoms with Crippen molar-refractivity contribution in [2.75, 3.05) is 5.75 Å². The number of aromatic nitrogens is 4. The molecule has 1 amide bonds. The van der Waals surface area contributed by atoms with Gasteiger partial charge in [-0.15, -0.1) is 10.2 Å². The third-order valence-electron chi connectivity index (χ3n) is 6.12. The molecule has 1 atom stereocenters. The van der Waals surface area contributed by atoms with Crippen LogP contribution in [0.25, 0.3) is 22.4 Å². The molecule has 0 aliphatic carbocycles. The zero-order valence-electron chi connectivity index (χ0n) is 19.7. The molecule has 2 heterocycles. The molecule has 7 nitrogen and oxygen atoms in total. The third kappa shape index (κ3) is 4.21. The first-order valence-corrected chi connectivity index (χ1v) is 12.4. The van der Waals surface area contributed by atoms with Crippen molar-refractivity contribution in [2.45, 2.75) is 32.0 Å². The number of benzene rings is 3. The van der Waals surface area contributed by atoms with Crippen molar-refractivity contribution in [3.8, 4) is 5.69 Å². The first-order chi connectivity index (χ1) is 17.0. The summed E-state index contributed by atoms with van der Waals surface area (Å²) in [5, 5.41) is 12.9. The second-order valence-electron chi connectivity index (χ2n) is 8.50. The number of nitrogens with one attached hydrogen (secondary N) is 1. The number of aryl methyl sites for hydroxylation is 2. The SMILES string of the molecule is Cc1ccccc1C(C)NC(=O)CSc1nnc2n(-c3ccccc3C)c(=O)c3ccccc3n12. The number of rotatable bonds is 6. The Balaban J connectivity index is 1.50. The number of fused-ring (bicyclic) bond motifs is 3. The van der Waals surface area contributed by atoms with Crippen LogP contribution in [-0.4, -0.2) is 30.8 Å². The van der Waals surface area contributed by atoms with Gasteiger partial charge in [0.25, 0.3) is 5.56 Å². The lowest BCUT2D eigenvalue weighted by molar-refractivity contribution is -0.119. The van der Waals surface area contributed by atoms with E-state index in [1.54, 1.807) is 10.6 Å². The zero-order chi connectivity index (χ0) is 24.5. The Kier molecular flexibility index (Phi) is 6.13. The molecule has 5 rings (SSSR count). The van der Waals surface area contributed by atoms with Crippen LogP contribution in [0.5, 0.6) is 0 Å². The van der Waals surface area contributed by atoms with Gasteiger partial charge < -0.3 is 5.32 Å². The minimum Gasteiger partial charge on any atom is -0.349 e. The minimum absolute atomic E-state index is 0.0981. The van der Waals surface area contributed by atoms with Crippen LogP contribution in [0.15, 0.2) is 82.7 Å². The first-order valence-electron chi connectivity index (χ1n) is 11.4. The first kappa shape index (κ1) is 22.9. The molecule has 8 heteroatoms. The Morgan fingerprint density at radius 1 is 0.943 bits per heavy atom. The molecule has 5 aromatic rings. The summed E-state index contributed by atoms with van der Waals surface area (Å²) in [6.07, 6.45) is 0. The summed E-state index contributed by atoms with van der Waals surface area (Å²) in [5.41, 5.74) is 4.48. The lowest BCUT2D eigenvalue weighted by atomic mass is 10.0. The molecule has 0 saturated carbocycles. The molecule has 0 fully saturated rings. The summed E-state index contributed by atoms with van der Waals surface area (Å²) >= 11 is 1.30. The maximum Gasteiger partial charge on any atom is 0.267 e. The van der Waals surface area contributed by atoms with Crippen LogP contribution in [0.3, 0.4) is 0 Å². The maximum atomic E-state index is 13.5. The number of hydrogen-bond acceptors (Lipinski definition) is 5. The van der Waals surface area contributed by atoms with Crippen LogP contribution in [0.1, 0.15) is 29.7 Å². The fourth-order valence-electron chi connectivity index (χ4n) is 4.37. The van der Waals surface area contributed by atoms with Crippen molar-refractivity contribution in [1.29, 1.82) is 0 Å². The summed E-state index contributed by atoms with van der Waals surface area (Å²) in [5.74, 6) is 0.493. The number of thioether (sulfide) groups is 1. The molecule has 0 saturated heterocycles. The predicted molar refractivity (Wildman–Crippen MR) is 139 cm³/mol. The second kappa shape index (κ2) is 9.38. The summed E-state index contributed by atoms with van der Waals surface area (Å²) < 4.78 is 3.45. The molecule has 0 spiro atoms. The minimum atomic E-state index is -0.156. The van der Waals surface area contributed by atoms with Gasteiger partial charge in [-0.1, -0.05) is 66.4 Å². The average Bonchev–Trinajstić information content (AvgIpc) is 3.28. The van der Waals surface area contributed by atoms with E-state index in [1.807, 2.05) is 91.9 Å². The number of para-hydroxylation sites is 2. The summed E-state index contributed by atoms with van der Waals surface area (Å²) in [6, 6.07) is 23.0. The zero-order valence-corrected chi connectivity index (χ0v) is 20.5. The Morgan fingerprint density at radius 3 is 2.40 bits per heavy atom. The van der Waals surface area contributed by atoms with Crippen LogP contribution >= 0.6 is 11.8 Å². The van der Waals surface area contributed by atoms with E-state index in [0.29, 0.717) is 21.8 Å². The van der Waals surface area contributed by atoms with Crippen molar-refractivity contribution >= 4 is 34.3 Å². The number of carbonyl (C=O) groups excluding carboxylic acids is 1. The molecule has 0 aliphatic rings. The molecular formula is C27H25N5O2S. The number of amides is 1. The van der Waals surface area contributed by atoms with E-state index in [9.17, 15) is 9.59 Å². The molecule has 0 bridgehead atoms. The van der Waals surface area contributed by atoms with Crippen LogP contribution in [0.2, 0.25) is 0 Å². The standard InChI is InChI=1S/C27H25N5O2S/c1-17-10-4-6-12-20(17)19(3)28-24(33)16-35-27-30-29-26-31(22-14-8-5-11-18(22)2)25(34)21-13-7-9-15-23(21)32(26)27/h4-15,19H,16H2,1-3H3,(H,28,33). The van der Waals surface area contributed by atoms with Gasteiger partial charge in [0.1, 0.15) is 0 Å². The molecule has 0 aliphatic heterocycles. The Morgan fingerprint density at radius 2 is 1.63 bits per heavy atom. The van der Waals surface area contributed by atoms with Crippen LogP contribution in [-0.2, 0) is 4.79 Å². The molecule has 35 heavy (non-hydrogen) atoms. The van der Waals surface area contributed by atoms with Gasteiger partial charge in [-0.3, -0.25) is 14.0 Å². The van der Waals surface area contributed by atoms with Gasteiger partial charge in [-0.05, 0) is 55.7 Å². The fraction of sp³-hybridized carbons (Fsp3) is 0.185. The number of nitrogens with zero attached hydrogens (tertiary/aromatic N) is 4. The van der Waals surface area contributed by atoms with Crippen molar-refractivity contribution in [3.63, 3.8) is 0 Å². The van der Waals surface area contributed by atoms with E-state index in [2.05, 4.69) is 15.5 Å². The molecule has 176 valence electrons. The van der Waals surface area contributed by atoms with E-state index in [-0.39, 0.29) is 23.3 Å². The Bertz CT molecular complexity index is 1620. The lowest BCUT2D eigenvalue weighted by Gasteiger charge is -2.16. The third-order valence-corrected chi connectivity index (χ3v) is 7.04. The average molecular weight is 484 g/mol. The van der Waals surface area contributed by atoms with Crippen molar-refractivity contribution in [1.82, 2.24) is 24.5 Å². The smallest absolute Gasteiger partial charge is 0.267 e. The van der Waals surface area contributed by atoms with Gasteiger partial charge in [-0.2, -0.15) is 0 Å². The van der Waals surface area contributed by atoms with E-state index in [1.165, 1.54) is 11.8 Å². The number of hydrogen-bond donors (Lipinski definition) is 1. The van der Waals surface area contributed by atoms with Gasteiger partial charge in [-0.25, -0.2) is 4.57 Å². The lowest BCUT2D eigenvalue weighted by Crippen LogP contribution is -2.28. The van der Waals surface area contributed by atoms with Crippen molar-refractivity contribution in [2.24, 2.45) is 0 Å². The Labute approximate surface area is 206 Å². The number of carbonyl (C=O) groups is 1. The second-order valence-corrected chi connectivity index (χ2v) is 9.44. The normalized spacial score (nSPS) is 12.2. The molecule has 2 aromatic heterocycles. The van der Waals surface area contributed by atoms with E-state index < -0.39 is 0 Å². The highest BCUT2D eigenvalue weighted by molar-refractivity contribution is 7.99. The summed E-state index contributed by atoms with van der Waals surface area (Å²) in [7, 11) is 0. The quantitative estimate of drug-likeness (QED) is 0.357. The highest BCUT2D eigenvalue weighted by Gasteiger charge is 2.20. The van der Waals surface area contributed by atoms with E-state index >= 15 is 0 Å². The van der Waals surface area contributed by atoms with Gasteiger partial charge in [0.15, 0.2) is 5.16 Å². The topological polar surface area (TPSA) is 81.3 Å². The van der Waals surface area contributed by atoms with E-state index in [4.69, 9.17) is 0 Å². The van der Waals surface area contributed by atoms with Crippen molar-refractivity contribution in [3.05, 3.63) is 99.8 Å². The monoisotopic (exact) mass is 483 g/mol. The van der Waals surface area contributed by atoms with Crippen LogP contribution in [0.4, 0.5) is 0 Å². The highest BCUT2D eigenvalue weighted by atomic mass is 32.2. The van der Waals surface area contributed by atoms with E-state index in [0.717, 1.165) is 22.4 Å². The molecular weight excluding hydrogens is 458 g/mol. The maximum absolute atomic E-state index is 13.5. The van der Waals surface area contributed by atoms with Gasteiger partial charge in [0.2, 0.25) is 11.7 Å².